The number of aromatic nitrogens is 1. The molecule has 13 nitrogen and oxygen atoms in total. The van der Waals surface area contributed by atoms with Crippen molar-refractivity contribution in [1.82, 2.24) is 20.5 Å². The number of unbranched alkanes of at least 4 members (excludes halogenated alkanes) is 7. The maximum atomic E-state index is 13.9. The van der Waals surface area contributed by atoms with Crippen molar-refractivity contribution >= 4 is 57.9 Å². The maximum Gasteiger partial charge on any atom is 0.255 e. The lowest BCUT2D eigenvalue weighted by atomic mass is 9.85. The molecule has 15 heteroatoms. The van der Waals surface area contributed by atoms with Crippen LogP contribution in [0.15, 0.2) is 72.2 Å². The van der Waals surface area contributed by atoms with E-state index in [0.717, 1.165) is 72.7 Å². The second kappa shape index (κ2) is 22.4. The number of anilines is 3. The van der Waals surface area contributed by atoms with Crippen molar-refractivity contribution in [3.8, 4) is 10.4 Å². The van der Waals surface area contributed by atoms with Crippen LogP contribution in [0.25, 0.3) is 10.4 Å². The van der Waals surface area contributed by atoms with Crippen molar-refractivity contribution in [2.45, 2.75) is 123 Å². The van der Waals surface area contributed by atoms with Gasteiger partial charge in [-0.05, 0) is 78.8 Å². The highest BCUT2D eigenvalue weighted by Crippen LogP contribution is 2.29. The molecular formula is C47H60FN7O6S. The first-order valence-electron chi connectivity index (χ1n) is 21.4. The quantitative estimate of drug-likeness (QED) is 0.0383. The lowest BCUT2D eigenvalue weighted by Crippen LogP contribution is -2.57. The lowest BCUT2D eigenvalue weighted by Gasteiger charge is -2.35. The molecule has 1 fully saturated rings. The molecule has 0 saturated carbocycles. The van der Waals surface area contributed by atoms with E-state index in [-0.39, 0.29) is 55.2 Å². The van der Waals surface area contributed by atoms with E-state index in [1.54, 1.807) is 35.6 Å². The number of thiazole rings is 1. The first-order valence-corrected chi connectivity index (χ1v) is 22.3. The van der Waals surface area contributed by atoms with Gasteiger partial charge in [0.15, 0.2) is 0 Å². The second-order valence-electron chi connectivity index (χ2n) is 17.1. The van der Waals surface area contributed by atoms with Gasteiger partial charge in [-0.15, -0.1) is 11.3 Å². The summed E-state index contributed by atoms with van der Waals surface area (Å²) in [7, 11) is 0. The Morgan fingerprint density at radius 1 is 0.871 bits per heavy atom. The van der Waals surface area contributed by atoms with E-state index in [2.05, 4.69) is 26.3 Å². The lowest BCUT2D eigenvalue weighted by molar-refractivity contribution is -0.144. The number of β-amino-alcohol motifs (C(OH)–C–C–N with tert-alkyl or cyclic N) is 1. The van der Waals surface area contributed by atoms with E-state index in [9.17, 15) is 33.5 Å². The third-order valence-electron chi connectivity index (χ3n) is 11.0. The minimum Gasteiger partial charge on any atom is -0.397 e. The van der Waals surface area contributed by atoms with Crippen LogP contribution in [0.1, 0.15) is 113 Å². The molecule has 7 N–H and O–H groups in total. The average molecular weight is 870 g/mol. The standard InChI is InChI=1S/C47H60FN7O6S/c1-30-42(62-29-51-30)32-17-15-31(16-18-32)27-50-45(60)39-26-36(56)28-55(39)46(61)43(47(2,3)4)54-41(58)14-12-10-8-6-5-7-9-11-13-40(57)52-35-22-19-33(20-23-35)44(59)53-38-24-21-34(48)25-37(38)49/h15-25,29,36,39,43,56H,5-14,26-28,49H2,1-4H3,(H,50,60)(H,52,57)(H,53,59)(H,54,58)/t36-,39+,43-/m1/s1. The average Bonchev–Trinajstić information content (AvgIpc) is 3.85. The molecule has 1 aromatic heterocycles. The molecule has 332 valence electrons. The van der Waals surface area contributed by atoms with Gasteiger partial charge in [0.2, 0.25) is 23.6 Å². The van der Waals surface area contributed by atoms with Crippen molar-refractivity contribution in [1.29, 1.82) is 0 Å². The molecule has 5 amide bonds. The van der Waals surface area contributed by atoms with Crippen LogP contribution in [-0.2, 0) is 25.7 Å². The van der Waals surface area contributed by atoms with E-state index in [4.69, 9.17) is 5.73 Å². The van der Waals surface area contributed by atoms with E-state index in [1.165, 1.54) is 17.0 Å². The molecular weight excluding hydrogens is 810 g/mol. The van der Waals surface area contributed by atoms with Crippen molar-refractivity contribution in [3.05, 3.63) is 94.9 Å². The number of amides is 5. The molecule has 0 spiro atoms. The summed E-state index contributed by atoms with van der Waals surface area (Å²) in [5.74, 6) is -1.94. The van der Waals surface area contributed by atoms with Gasteiger partial charge in [0.25, 0.3) is 5.91 Å². The van der Waals surface area contributed by atoms with E-state index >= 15 is 0 Å². The Balaban J connectivity index is 0.944. The third-order valence-corrected chi connectivity index (χ3v) is 11.9. The second-order valence-corrected chi connectivity index (χ2v) is 17.9. The number of halogens is 1. The summed E-state index contributed by atoms with van der Waals surface area (Å²) in [6, 6.07) is 16.4. The Kier molecular flexibility index (Phi) is 17.1. The number of nitrogens with one attached hydrogen (secondary N) is 4. The zero-order valence-corrected chi connectivity index (χ0v) is 36.9. The van der Waals surface area contributed by atoms with Crippen molar-refractivity contribution in [2.75, 3.05) is 22.9 Å². The Bertz CT molecular complexity index is 2150. The predicted octanol–water partition coefficient (Wildman–Crippen LogP) is 7.74. The smallest absolute Gasteiger partial charge is 0.255 e. The topological polar surface area (TPSA) is 196 Å². The number of rotatable bonds is 20. The Morgan fingerprint density at radius 3 is 2.10 bits per heavy atom. The summed E-state index contributed by atoms with van der Waals surface area (Å²) in [6.07, 6.45) is 7.19. The fourth-order valence-corrected chi connectivity index (χ4v) is 8.23. The summed E-state index contributed by atoms with van der Waals surface area (Å²) in [6.45, 7) is 7.89. The number of nitrogens with two attached hydrogens (primary N) is 1. The van der Waals surface area contributed by atoms with Gasteiger partial charge in [0.1, 0.15) is 17.9 Å². The fourth-order valence-electron chi connectivity index (χ4n) is 7.42. The number of benzene rings is 3. The van der Waals surface area contributed by atoms with Gasteiger partial charge in [-0.1, -0.05) is 83.6 Å². The molecule has 62 heavy (non-hydrogen) atoms. The summed E-state index contributed by atoms with van der Waals surface area (Å²) >= 11 is 1.58. The Morgan fingerprint density at radius 2 is 1.50 bits per heavy atom. The summed E-state index contributed by atoms with van der Waals surface area (Å²) in [4.78, 5) is 72.3. The minimum atomic E-state index is -0.866. The van der Waals surface area contributed by atoms with E-state index < -0.39 is 35.3 Å². The van der Waals surface area contributed by atoms with Gasteiger partial charge in [0, 0.05) is 43.6 Å². The molecule has 1 aliphatic rings. The molecule has 2 heterocycles. The largest absolute Gasteiger partial charge is 0.397 e. The summed E-state index contributed by atoms with van der Waals surface area (Å²) < 4.78 is 13.3. The van der Waals surface area contributed by atoms with Gasteiger partial charge in [-0.3, -0.25) is 24.0 Å². The van der Waals surface area contributed by atoms with Gasteiger partial charge in [-0.25, -0.2) is 9.37 Å². The first kappa shape index (κ1) is 47.4. The Hall–Kier alpha value is -5.67. The zero-order valence-electron chi connectivity index (χ0n) is 36.1. The van der Waals surface area contributed by atoms with Crippen molar-refractivity contribution < 1.29 is 33.5 Å². The van der Waals surface area contributed by atoms with Crippen LogP contribution < -0.4 is 27.0 Å². The monoisotopic (exact) mass is 869 g/mol. The number of carbonyl (C=O) groups excluding carboxylic acids is 5. The van der Waals surface area contributed by atoms with Gasteiger partial charge in [0.05, 0.1) is 33.6 Å². The summed E-state index contributed by atoms with van der Waals surface area (Å²) in [5, 5.41) is 21.9. The Labute approximate surface area is 367 Å². The van der Waals surface area contributed by atoms with Crippen molar-refractivity contribution in [3.63, 3.8) is 0 Å². The molecule has 4 aromatic rings. The molecule has 1 saturated heterocycles. The number of aliphatic hydroxyl groups excluding tert-OH is 1. The molecule has 1 aliphatic heterocycles. The predicted molar refractivity (Wildman–Crippen MR) is 242 cm³/mol. The highest BCUT2D eigenvalue weighted by atomic mass is 32.1. The van der Waals surface area contributed by atoms with Crippen LogP contribution in [0.2, 0.25) is 0 Å². The minimum absolute atomic E-state index is 0.0199. The van der Waals surface area contributed by atoms with Crippen LogP contribution in [0.4, 0.5) is 21.5 Å². The molecule has 0 aliphatic carbocycles. The van der Waals surface area contributed by atoms with Crippen LogP contribution in [-0.4, -0.2) is 69.3 Å². The van der Waals surface area contributed by atoms with Gasteiger partial charge < -0.3 is 37.0 Å². The number of aryl methyl sites for hydroxylation is 1. The molecule has 0 radical (unpaired) electrons. The number of hydrogen-bond acceptors (Lipinski definition) is 9. The molecule has 3 atom stereocenters. The number of nitrogens with zero attached hydrogens (tertiary/aromatic N) is 2. The van der Waals surface area contributed by atoms with Gasteiger partial charge in [-0.2, -0.15) is 0 Å². The zero-order chi connectivity index (χ0) is 44.8. The van der Waals surface area contributed by atoms with Gasteiger partial charge >= 0.3 is 0 Å². The van der Waals surface area contributed by atoms with Crippen molar-refractivity contribution in [2.24, 2.45) is 5.41 Å². The highest BCUT2D eigenvalue weighted by molar-refractivity contribution is 7.13. The van der Waals surface area contributed by atoms with E-state index in [1.807, 2.05) is 57.5 Å². The number of nitrogen functional groups attached to an aromatic ring is 1. The maximum absolute atomic E-state index is 13.9. The SMILES string of the molecule is Cc1ncsc1-c1ccc(CNC(=O)[C@@H]2C[C@@H](O)CN2C(=O)[C@@H](NC(=O)CCCCCCCCCCC(=O)Nc2ccc(C(=O)Nc3ccc(F)cc3N)cc2)C(C)(C)C)cc1. The highest BCUT2D eigenvalue weighted by Gasteiger charge is 2.44. The van der Waals surface area contributed by atoms with Crippen LogP contribution >= 0.6 is 11.3 Å². The molecule has 5 rings (SSSR count). The molecule has 0 bridgehead atoms. The number of carbonyl (C=O) groups is 5. The third kappa shape index (κ3) is 13.9. The fraction of sp³-hybridized carbons (Fsp3) is 0.447. The normalized spacial score (nSPS) is 15.5. The number of hydrogen-bond donors (Lipinski definition) is 6. The van der Waals surface area contributed by atoms with Crippen LogP contribution in [0.3, 0.4) is 0 Å². The summed E-state index contributed by atoms with van der Waals surface area (Å²) in [5.41, 5.74) is 11.3. The first-order chi connectivity index (χ1) is 29.6. The molecule has 0 unspecified atom stereocenters. The van der Waals surface area contributed by atoms with E-state index in [0.29, 0.717) is 29.8 Å². The number of likely N-dealkylation sites (tertiary alicyclic amines) is 1. The van der Waals surface area contributed by atoms with Crippen LogP contribution in [0, 0.1) is 18.2 Å². The molecule has 3 aromatic carbocycles. The van der Waals surface area contributed by atoms with Crippen LogP contribution in [0.5, 0.6) is 0 Å². The number of aliphatic hydroxyl groups is 1.